The van der Waals surface area contributed by atoms with Gasteiger partial charge < -0.3 is 10.6 Å². The normalized spacial score (nSPS) is 10.4. The fraction of sp³-hybridized carbons (Fsp3) is 0.150. The molecule has 6 heteroatoms. The van der Waals surface area contributed by atoms with Crippen LogP contribution < -0.4 is 10.6 Å². The van der Waals surface area contributed by atoms with Gasteiger partial charge in [-0.3, -0.25) is 4.79 Å². The van der Waals surface area contributed by atoms with E-state index in [1.165, 1.54) is 5.56 Å². The summed E-state index contributed by atoms with van der Waals surface area (Å²) in [6, 6.07) is 17.0. The number of carbonyl (C=O) groups is 1. The van der Waals surface area contributed by atoms with E-state index in [0.717, 1.165) is 11.1 Å². The topological polar surface area (TPSA) is 66.9 Å². The second kappa shape index (κ2) is 7.97. The number of rotatable bonds is 5. The highest BCUT2D eigenvalue weighted by atomic mass is 35.5. The highest BCUT2D eigenvalue weighted by Gasteiger charge is 2.10. The molecule has 0 saturated carbocycles. The summed E-state index contributed by atoms with van der Waals surface area (Å²) >= 11 is 5.97. The van der Waals surface area contributed by atoms with Crippen molar-refractivity contribution in [3.63, 3.8) is 0 Å². The zero-order valence-corrected chi connectivity index (χ0v) is 15.3. The molecule has 0 bridgehead atoms. The standard InChI is InChI=1S/C20H19ClN4O/c1-13-3-6-15(7-4-13)12-22-19-10-9-17(24-25-19)20(26)23-18-11-16(21)8-5-14(18)2/h3-11H,12H2,1-2H3,(H,22,25)(H,23,26). The molecule has 1 heterocycles. The van der Waals surface area contributed by atoms with Gasteiger partial charge in [0, 0.05) is 17.3 Å². The third-order valence-corrected chi connectivity index (χ3v) is 4.17. The van der Waals surface area contributed by atoms with Gasteiger partial charge in [0.1, 0.15) is 5.82 Å². The number of aromatic nitrogens is 2. The highest BCUT2D eigenvalue weighted by molar-refractivity contribution is 6.31. The summed E-state index contributed by atoms with van der Waals surface area (Å²) in [5, 5.41) is 14.6. The molecule has 26 heavy (non-hydrogen) atoms. The first kappa shape index (κ1) is 17.9. The van der Waals surface area contributed by atoms with Crippen LogP contribution in [0, 0.1) is 13.8 Å². The van der Waals surface area contributed by atoms with E-state index in [-0.39, 0.29) is 11.6 Å². The first-order valence-electron chi connectivity index (χ1n) is 8.22. The minimum Gasteiger partial charge on any atom is -0.365 e. The van der Waals surface area contributed by atoms with Crippen molar-refractivity contribution in [2.24, 2.45) is 0 Å². The van der Waals surface area contributed by atoms with Gasteiger partial charge in [0.15, 0.2) is 5.69 Å². The van der Waals surface area contributed by atoms with Crippen LogP contribution in [0.2, 0.25) is 5.02 Å². The van der Waals surface area contributed by atoms with Crippen molar-refractivity contribution < 1.29 is 4.79 Å². The summed E-state index contributed by atoms with van der Waals surface area (Å²) in [5.74, 6) is 0.286. The maximum absolute atomic E-state index is 12.3. The molecule has 132 valence electrons. The minimum atomic E-state index is -0.326. The second-order valence-electron chi connectivity index (χ2n) is 6.06. The predicted octanol–water partition coefficient (Wildman–Crippen LogP) is 4.61. The Bertz CT molecular complexity index is 908. The summed E-state index contributed by atoms with van der Waals surface area (Å²) in [5.41, 5.74) is 4.19. The molecule has 0 aliphatic rings. The Labute approximate surface area is 157 Å². The number of nitrogens with one attached hydrogen (secondary N) is 2. The van der Waals surface area contributed by atoms with Crippen molar-refractivity contribution in [3.05, 3.63) is 82.0 Å². The number of hydrogen-bond donors (Lipinski definition) is 2. The zero-order chi connectivity index (χ0) is 18.5. The average molecular weight is 367 g/mol. The molecule has 1 aromatic heterocycles. The molecule has 2 aromatic carbocycles. The van der Waals surface area contributed by atoms with E-state index in [4.69, 9.17) is 11.6 Å². The third kappa shape index (κ3) is 4.58. The van der Waals surface area contributed by atoms with Crippen LogP contribution in [0.25, 0.3) is 0 Å². The lowest BCUT2D eigenvalue weighted by atomic mass is 10.1. The van der Waals surface area contributed by atoms with Crippen LogP contribution >= 0.6 is 11.6 Å². The van der Waals surface area contributed by atoms with Gasteiger partial charge in [-0.05, 0) is 49.2 Å². The van der Waals surface area contributed by atoms with Gasteiger partial charge in [-0.15, -0.1) is 10.2 Å². The zero-order valence-electron chi connectivity index (χ0n) is 14.6. The number of benzene rings is 2. The Morgan fingerprint density at radius 2 is 1.77 bits per heavy atom. The first-order chi connectivity index (χ1) is 12.5. The maximum atomic E-state index is 12.3. The Morgan fingerprint density at radius 1 is 1.00 bits per heavy atom. The summed E-state index contributed by atoms with van der Waals surface area (Å²) in [6.45, 7) is 4.59. The molecule has 0 radical (unpaired) electrons. The van der Waals surface area contributed by atoms with Crippen LogP contribution in [0.5, 0.6) is 0 Å². The van der Waals surface area contributed by atoms with Gasteiger partial charge in [-0.1, -0.05) is 47.5 Å². The number of carbonyl (C=O) groups excluding carboxylic acids is 1. The third-order valence-electron chi connectivity index (χ3n) is 3.94. The van der Waals surface area contributed by atoms with Gasteiger partial charge in [0.05, 0.1) is 0 Å². The molecule has 0 aliphatic carbocycles. The fourth-order valence-electron chi connectivity index (χ4n) is 2.36. The SMILES string of the molecule is Cc1ccc(CNc2ccc(C(=O)Nc3cc(Cl)ccc3C)nn2)cc1. The smallest absolute Gasteiger partial charge is 0.276 e. The van der Waals surface area contributed by atoms with Crippen molar-refractivity contribution in [3.8, 4) is 0 Å². The van der Waals surface area contributed by atoms with Crippen molar-refractivity contribution in [2.45, 2.75) is 20.4 Å². The van der Waals surface area contributed by atoms with E-state index in [0.29, 0.717) is 23.1 Å². The Morgan fingerprint density at radius 3 is 2.46 bits per heavy atom. The largest absolute Gasteiger partial charge is 0.365 e. The highest BCUT2D eigenvalue weighted by Crippen LogP contribution is 2.20. The number of halogens is 1. The van der Waals surface area contributed by atoms with Crippen LogP contribution in [0.1, 0.15) is 27.2 Å². The minimum absolute atomic E-state index is 0.241. The molecule has 0 saturated heterocycles. The number of amides is 1. The number of aryl methyl sites for hydroxylation is 2. The van der Waals surface area contributed by atoms with E-state index in [1.807, 2.05) is 13.0 Å². The van der Waals surface area contributed by atoms with Crippen molar-refractivity contribution in [1.29, 1.82) is 0 Å². The van der Waals surface area contributed by atoms with Crippen LogP contribution in [0.4, 0.5) is 11.5 Å². The fourth-order valence-corrected chi connectivity index (χ4v) is 2.53. The molecule has 0 aliphatic heterocycles. The van der Waals surface area contributed by atoms with Crippen LogP contribution in [-0.2, 0) is 6.54 Å². The lowest BCUT2D eigenvalue weighted by Gasteiger charge is -2.09. The second-order valence-corrected chi connectivity index (χ2v) is 6.49. The molecule has 0 spiro atoms. The molecule has 0 unspecified atom stereocenters. The van der Waals surface area contributed by atoms with Gasteiger partial charge in [-0.25, -0.2) is 0 Å². The quantitative estimate of drug-likeness (QED) is 0.691. The van der Waals surface area contributed by atoms with Crippen molar-refractivity contribution in [1.82, 2.24) is 10.2 Å². The summed E-state index contributed by atoms with van der Waals surface area (Å²) in [7, 11) is 0. The van der Waals surface area contributed by atoms with E-state index in [1.54, 1.807) is 24.3 Å². The number of hydrogen-bond acceptors (Lipinski definition) is 4. The van der Waals surface area contributed by atoms with Gasteiger partial charge in [0.2, 0.25) is 0 Å². The Hall–Kier alpha value is -2.92. The Balaban J connectivity index is 1.62. The predicted molar refractivity (Wildman–Crippen MR) is 105 cm³/mol. The van der Waals surface area contributed by atoms with Crippen LogP contribution in [-0.4, -0.2) is 16.1 Å². The van der Waals surface area contributed by atoms with Gasteiger partial charge in [0.25, 0.3) is 5.91 Å². The molecule has 0 atom stereocenters. The lowest BCUT2D eigenvalue weighted by Crippen LogP contribution is -2.15. The van der Waals surface area contributed by atoms with Crippen molar-refractivity contribution >= 4 is 29.0 Å². The summed E-state index contributed by atoms with van der Waals surface area (Å²) in [6.07, 6.45) is 0. The van der Waals surface area contributed by atoms with Crippen LogP contribution in [0.15, 0.2) is 54.6 Å². The van der Waals surface area contributed by atoms with E-state index in [2.05, 4.69) is 52.0 Å². The molecular formula is C20H19ClN4O. The molecule has 5 nitrogen and oxygen atoms in total. The molecule has 3 aromatic rings. The average Bonchev–Trinajstić information content (AvgIpc) is 2.64. The van der Waals surface area contributed by atoms with Gasteiger partial charge >= 0.3 is 0 Å². The lowest BCUT2D eigenvalue weighted by molar-refractivity contribution is 0.102. The summed E-state index contributed by atoms with van der Waals surface area (Å²) in [4.78, 5) is 12.3. The molecule has 1 amide bonds. The molecule has 3 rings (SSSR count). The Kier molecular flexibility index (Phi) is 5.49. The molecule has 2 N–H and O–H groups in total. The monoisotopic (exact) mass is 366 g/mol. The number of nitrogens with zero attached hydrogens (tertiary/aromatic N) is 2. The maximum Gasteiger partial charge on any atom is 0.276 e. The molecule has 0 fully saturated rings. The molecular weight excluding hydrogens is 348 g/mol. The van der Waals surface area contributed by atoms with Crippen molar-refractivity contribution in [2.75, 3.05) is 10.6 Å². The van der Waals surface area contributed by atoms with Crippen LogP contribution in [0.3, 0.4) is 0 Å². The van der Waals surface area contributed by atoms with Gasteiger partial charge in [-0.2, -0.15) is 0 Å². The first-order valence-corrected chi connectivity index (χ1v) is 8.60. The van der Waals surface area contributed by atoms with E-state index < -0.39 is 0 Å². The summed E-state index contributed by atoms with van der Waals surface area (Å²) < 4.78 is 0. The van der Waals surface area contributed by atoms with E-state index in [9.17, 15) is 4.79 Å². The number of anilines is 2. The van der Waals surface area contributed by atoms with E-state index >= 15 is 0 Å².